The Balaban J connectivity index is 1.35. The molecule has 5 rings (SSSR count). The van der Waals surface area contributed by atoms with Crippen LogP contribution in [0.25, 0.3) is 0 Å². The third kappa shape index (κ3) is 4.14. The molecule has 3 heterocycles. The van der Waals surface area contributed by atoms with Gasteiger partial charge in [0.25, 0.3) is 0 Å². The van der Waals surface area contributed by atoms with Crippen LogP contribution in [-0.2, 0) is 23.7 Å². The zero-order valence-electron chi connectivity index (χ0n) is 21.2. The largest absolute Gasteiger partial charge is 0.458 e. The lowest BCUT2D eigenvalue weighted by Gasteiger charge is -2.63. The Hall–Kier alpha value is -1.11. The molecule has 5 N–H and O–H groups in total. The number of hydrogen-bond donors (Lipinski definition) is 5. The summed E-state index contributed by atoms with van der Waals surface area (Å²) in [6.45, 7) is 6.30. The molecule has 12 atom stereocenters. The zero-order chi connectivity index (χ0) is 26.0. The molecule has 0 radical (unpaired) electrons. The van der Waals surface area contributed by atoms with Crippen molar-refractivity contribution in [2.24, 2.45) is 28.6 Å². The molecule has 2 saturated carbocycles. The van der Waals surface area contributed by atoms with Gasteiger partial charge in [-0.05, 0) is 60.8 Å². The van der Waals surface area contributed by atoms with Crippen LogP contribution in [-0.4, -0.2) is 93.9 Å². The van der Waals surface area contributed by atoms with Crippen molar-refractivity contribution in [1.82, 2.24) is 0 Å². The van der Waals surface area contributed by atoms with E-state index in [0.29, 0.717) is 18.4 Å². The summed E-state index contributed by atoms with van der Waals surface area (Å²) >= 11 is 0. The minimum absolute atomic E-state index is 0.0146. The number of esters is 1. The molecule has 2 aliphatic carbocycles. The quantitative estimate of drug-likeness (QED) is 0.261. The molecule has 3 aliphatic heterocycles. The predicted molar refractivity (Wildman–Crippen MR) is 124 cm³/mol. The summed E-state index contributed by atoms with van der Waals surface area (Å²) in [5, 5.41) is 51.3. The van der Waals surface area contributed by atoms with Crippen LogP contribution in [0.4, 0.5) is 0 Å². The van der Waals surface area contributed by atoms with E-state index in [4.69, 9.17) is 18.9 Å². The molecule has 0 bridgehead atoms. The van der Waals surface area contributed by atoms with Gasteiger partial charge in [-0.25, -0.2) is 4.79 Å². The Morgan fingerprint density at radius 2 is 1.78 bits per heavy atom. The van der Waals surface area contributed by atoms with Crippen molar-refractivity contribution in [1.29, 1.82) is 0 Å². The Bertz CT molecular complexity index is 873. The average Bonchev–Trinajstić information content (AvgIpc) is 3.27. The molecule has 2 saturated heterocycles. The molecule has 4 fully saturated rings. The Morgan fingerprint density at radius 3 is 2.44 bits per heavy atom. The van der Waals surface area contributed by atoms with Gasteiger partial charge < -0.3 is 44.5 Å². The zero-order valence-corrected chi connectivity index (χ0v) is 21.2. The second-order valence-electron chi connectivity index (χ2n) is 12.1. The number of hydrogen-bond acceptors (Lipinski definition) is 10. The molecular formula is C26H40O10. The Morgan fingerprint density at radius 1 is 1.03 bits per heavy atom. The maximum absolute atomic E-state index is 12.2. The molecule has 0 amide bonds. The summed E-state index contributed by atoms with van der Waals surface area (Å²) in [5.74, 6) is -0.0171. The van der Waals surface area contributed by atoms with E-state index < -0.39 is 49.7 Å². The van der Waals surface area contributed by atoms with Crippen molar-refractivity contribution in [3.63, 3.8) is 0 Å². The minimum atomic E-state index is -1.48. The van der Waals surface area contributed by atoms with Crippen molar-refractivity contribution >= 4 is 5.97 Å². The fraction of sp³-hybridized carbons (Fsp3) is 0.885. The lowest BCUT2D eigenvalue weighted by Crippen LogP contribution is -2.63. The molecule has 0 aromatic rings. The topological polar surface area (TPSA) is 155 Å². The van der Waals surface area contributed by atoms with Gasteiger partial charge in [-0.1, -0.05) is 20.8 Å². The highest BCUT2D eigenvalue weighted by Crippen LogP contribution is 2.64. The van der Waals surface area contributed by atoms with Crippen LogP contribution >= 0.6 is 0 Å². The summed E-state index contributed by atoms with van der Waals surface area (Å²) in [5.41, 5.74) is 0.0339. The SMILES string of the molecule is CC1(C)[C@@H](O[C@@H]2O[C@H](CO)[C@@H](O)[C@H](O)[C@H]2O)CC[C@]2(C)[C@H]3C[C@H](C4=CCOC4=O)O[C@@H](O)[C@@H]3CC[C@@H]12. The Kier molecular flexibility index (Phi) is 7.04. The van der Waals surface area contributed by atoms with E-state index >= 15 is 0 Å². The average molecular weight is 513 g/mol. The van der Waals surface area contributed by atoms with Gasteiger partial charge in [0.15, 0.2) is 12.6 Å². The molecule has 0 spiro atoms. The summed E-state index contributed by atoms with van der Waals surface area (Å²) in [4.78, 5) is 12.2. The molecule has 0 unspecified atom stereocenters. The van der Waals surface area contributed by atoms with E-state index in [2.05, 4.69) is 20.8 Å². The predicted octanol–water partition coefficient (Wildman–Crippen LogP) is 0.231. The summed E-state index contributed by atoms with van der Waals surface area (Å²) in [6.07, 6.45) is -2.71. The number of aliphatic hydroxyl groups excluding tert-OH is 5. The Labute approximate surface area is 211 Å². The van der Waals surface area contributed by atoms with Crippen molar-refractivity contribution in [3.05, 3.63) is 11.6 Å². The number of carbonyl (C=O) groups excluding carboxylic acids is 1. The van der Waals surface area contributed by atoms with Crippen molar-refractivity contribution < 1.29 is 49.3 Å². The maximum atomic E-state index is 12.2. The van der Waals surface area contributed by atoms with Crippen LogP contribution in [0, 0.1) is 28.6 Å². The third-order valence-corrected chi connectivity index (χ3v) is 10.0. The second-order valence-corrected chi connectivity index (χ2v) is 12.1. The van der Waals surface area contributed by atoms with Crippen LogP contribution in [0.1, 0.15) is 52.9 Å². The first-order valence-corrected chi connectivity index (χ1v) is 13.2. The van der Waals surface area contributed by atoms with Gasteiger partial charge in [0.2, 0.25) is 0 Å². The minimum Gasteiger partial charge on any atom is -0.458 e. The number of rotatable bonds is 4. The fourth-order valence-electron chi connectivity index (χ4n) is 8.02. The first-order chi connectivity index (χ1) is 17.0. The van der Waals surface area contributed by atoms with E-state index in [-0.39, 0.29) is 47.3 Å². The number of carbonyl (C=O) groups is 1. The van der Waals surface area contributed by atoms with Gasteiger partial charge in [-0.15, -0.1) is 0 Å². The van der Waals surface area contributed by atoms with Crippen LogP contribution in [0.3, 0.4) is 0 Å². The van der Waals surface area contributed by atoms with Crippen LogP contribution < -0.4 is 0 Å². The molecule has 5 aliphatic rings. The molecular weight excluding hydrogens is 472 g/mol. The number of cyclic esters (lactones) is 1. The molecule has 204 valence electrons. The number of fused-ring (bicyclic) bond motifs is 3. The van der Waals surface area contributed by atoms with Gasteiger partial charge >= 0.3 is 5.97 Å². The van der Waals surface area contributed by atoms with E-state index in [1.54, 1.807) is 6.08 Å². The van der Waals surface area contributed by atoms with Gasteiger partial charge in [-0.2, -0.15) is 0 Å². The van der Waals surface area contributed by atoms with Gasteiger partial charge in [0, 0.05) is 5.92 Å². The first kappa shape index (κ1) is 26.5. The van der Waals surface area contributed by atoms with E-state index in [1.165, 1.54) is 0 Å². The molecule has 0 aromatic heterocycles. The lowest BCUT2D eigenvalue weighted by atomic mass is 9.44. The van der Waals surface area contributed by atoms with E-state index in [1.807, 2.05) is 0 Å². The second kappa shape index (κ2) is 9.57. The van der Waals surface area contributed by atoms with Crippen molar-refractivity contribution in [2.45, 2.75) is 102 Å². The van der Waals surface area contributed by atoms with Gasteiger partial charge in [-0.3, -0.25) is 0 Å². The smallest absolute Gasteiger partial charge is 0.336 e. The number of ether oxygens (including phenoxy) is 4. The maximum Gasteiger partial charge on any atom is 0.336 e. The number of aliphatic hydroxyl groups is 5. The fourth-order valence-corrected chi connectivity index (χ4v) is 8.02. The van der Waals surface area contributed by atoms with E-state index in [0.717, 1.165) is 19.3 Å². The van der Waals surface area contributed by atoms with Crippen LogP contribution in [0.5, 0.6) is 0 Å². The van der Waals surface area contributed by atoms with Crippen LogP contribution in [0.2, 0.25) is 0 Å². The molecule has 0 aromatic carbocycles. The summed E-state index contributed by atoms with van der Waals surface area (Å²) < 4.78 is 22.9. The highest BCUT2D eigenvalue weighted by atomic mass is 16.7. The molecule has 36 heavy (non-hydrogen) atoms. The standard InChI is InChI=1S/C26H40O10/c1-25(2)17-5-4-12-14(10-15(34-23(12)32)13-7-9-33-22(13)31)26(17,3)8-6-18(25)36-24-21(30)20(29)19(28)16(11-27)35-24/h7,12,14-21,23-24,27-30,32H,4-6,8-11H2,1-3H3/t12-,14+,15-,16-,17+,18+,19-,20+,21-,23-,24+,26-/m1/s1. The molecule has 10 heteroatoms. The van der Waals surface area contributed by atoms with Crippen molar-refractivity contribution in [3.8, 4) is 0 Å². The van der Waals surface area contributed by atoms with Crippen molar-refractivity contribution in [2.75, 3.05) is 13.2 Å². The normalized spacial score (nSPS) is 50.6. The third-order valence-electron chi connectivity index (χ3n) is 10.0. The highest BCUT2D eigenvalue weighted by Gasteiger charge is 2.61. The van der Waals surface area contributed by atoms with E-state index in [9.17, 15) is 30.3 Å². The van der Waals surface area contributed by atoms with Gasteiger partial charge in [0.1, 0.15) is 31.0 Å². The highest BCUT2D eigenvalue weighted by molar-refractivity contribution is 5.91. The summed E-state index contributed by atoms with van der Waals surface area (Å²) in [7, 11) is 0. The van der Waals surface area contributed by atoms with Crippen LogP contribution in [0.15, 0.2) is 11.6 Å². The monoisotopic (exact) mass is 512 g/mol. The first-order valence-electron chi connectivity index (χ1n) is 13.2. The molecule has 10 nitrogen and oxygen atoms in total. The lowest BCUT2D eigenvalue weighted by molar-refractivity contribution is -0.331. The summed E-state index contributed by atoms with van der Waals surface area (Å²) in [6, 6.07) is 0. The van der Waals surface area contributed by atoms with Gasteiger partial charge in [0.05, 0.1) is 24.4 Å².